The number of nitrogens with one attached hydrogen (secondary N) is 1. The van der Waals surface area contributed by atoms with Crippen molar-refractivity contribution in [1.29, 1.82) is 0 Å². The van der Waals surface area contributed by atoms with Gasteiger partial charge in [-0.1, -0.05) is 23.7 Å². The summed E-state index contributed by atoms with van der Waals surface area (Å²) in [6, 6.07) is 7.50. The minimum atomic E-state index is -0.113. The number of anilines is 1. The number of carbonyl (C=O) groups excluding carboxylic acids is 2. The lowest BCUT2D eigenvalue weighted by atomic mass is 10.2. The first kappa shape index (κ1) is 18.1. The summed E-state index contributed by atoms with van der Waals surface area (Å²) in [5, 5.41) is 3.80. The van der Waals surface area contributed by atoms with Crippen LogP contribution in [-0.4, -0.2) is 57.8 Å². The molecule has 1 aromatic heterocycles. The first-order valence-electron chi connectivity index (χ1n) is 8.38. The summed E-state index contributed by atoms with van der Waals surface area (Å²) in [5.74, 6) is 0.381. The van der Waals surface area contributed by atoms with E-state index in [2.05, 4.69) is 15.3 Å². The van der Waals surface area contributed by atoms with Gasteiger partial charge in [0, 0.05) is 57.1 Å². The van der Waals surface area contributed by atoms with Gasteiger partial charge >= 0.3 is 0 Å². The molecule has 2 aromatic rings. The number of nitrogens with zero attached hydrogens (tertiary/aromatic N) is 4. The van der Waals surface area contributed by atoms with Crippen molar-refractivity contribution in [2.45, 2.75) is 13.5 Å². The molecular formula is C18H20ClN5O2. The Labute approximate surface area is 157 Å². The van der Waals surface area contributed by atoms with Gasteiger partial charge in [-0.2, -0.15) is 0 Å². The summed E-state index contributed by atoms with van der Waals surface area (Å²) in [7, 11) is 0. The van der Waals surface area contributed by atoms with Gasteiger partial charge in [-0.25, -0.2) is 9.97 Å². The number of benzene rings is 1. The lowest BCUT2D eigenvalue weighted by Gasteiger charge is -2.34. The standard InChI is InChI=1S/C18H20ClN5O2/c1-13(25)23-6-8-24(9-7-23)17(26)15-11-21-18(22-12-15)20-10-14-2-4-16(19)5-3-14/h2-5,11-12H,6-10H2,1H3,(H,20,21,22). The van der Waals surface area contributed by atoms with Crippen LogP contribution in [0.5, 0.6) is 0 Å². The van der Waals surface area contributed by atoms with Gasteiger partial charge in [-0.3, -0.25) is 9.59 Å². The summed E-state index contributed by atoms with van der Waals surface area (Å²) >= 11 is 5.86. The molecule has 1 aliphatic rings. The van der Waals surface area contributed by atoms with Crippen LogP contribution in [-0.2, 0) is 11.3 Å². The van der Waals surface area contributed by atoms with E-state index in [9.17, 15) is 9.59 Å². The van der Waals surface area contributed by atoms with Crippen LogP contribution < -0.4 is 5.32 Å². The highest BCUT2D eigenvalue weighted by Crippen LogP contribution is 2.12. The number of hydrogen-bond donors (Lipinski definition) is 1. The lowest BCUT2D eigenvalue weighted by molar-refractivity contribution is -0.130. The van der Waals surface area contributed by atoms with Crippen LogP contribution in [0, 0.1) is 0 Å². The molecule has 0 saturated carbocycles. The Morgan fingerprint density at radius 2 is 1.62 bits per heavy atom. The van der Waals surface area contributed by atoms with E-state index < -0.39 is 0 Å². The minimum Gasteiger partial charge on any atom is -0.350 e. The Hall–Kier alpha value is -2.67. The molecule has 0 atom stereocenters. The Morgan fingerprint density at radius 3 is 2.19 bits per heavy atom. The average Bonchev–Trinajstić information content (AvgIpc) is 2.67. The van der Waals surface area contributed by atoms with Crippen molar-refractivity contribution in [1.82, 2.24) is 19.8 Å². The molecule has 26 heavy (non-hydrogen) atoms. The van der Waals surface area contributed by atoms with Crippen LogP contribution in [0.2, 0.25) is 5.02 Å². The normalized spacial score (nSPS) is 14.2. The smallest absolute Gasteiger partial charge is 0.257 e. The molecule has 1 fully saturated rings. The third-order valence-corrected chi connectivity index (χ3v) is 4.53. The van der Waals surface area contributed by atoms with Gasteiger partial charge in [0.25, 0.3) is 5.91 Å². The zero-order chi connectivity index (χ0) is 18.5. The zero-order valence-electron chi connectivity index (χ0n) is 14.5. The third-order valence-electron chi connectivity index (χ3n) is 4.27. The van der Waals surface area contributed by atoms with Gasteiger partial charge < -0.3 is 15.1 Å². The number of piperazine rings is 1. The van der Waals surface area contributed by atoms with Gasteiger partial charge in [0.05, 0.1) is 5.56 Å². The molecular weight excluding hydrogens is 354 g/mol. The number of aromatic nitrogens is 2. The Kier molecular flexibility index (Phi) is 5.68. The molecule has 0 bridgehead atoms. The summed E-state index contributed by atoms with van der Waals surface area (Å²) in [6.07, 6.45) is 3.05. The topological polar surface area (TPSA) is 78.4 Å². The monoisotopic (exact) mass is 373 g/mol. The van der Waals surface area contributed by atoms with Gasteiger partial charge in [0.2, 0.25) is 11.9 Å². The van der Waals surface area contributed by atoms with Crippen LogP contribution in [0.3, 0.4) is 0 Å². The number of amides is 2. The van der Waals surface area contributed by atoms with Gasteiger partial charge in [-0.15, -0.1) is 0 Å². The average molecular weight is 374 g/mol. The van der Waals surface area contributed by atoms with Crippen molar-refractivity contribution in [3.63, 3.8) is 0 Å². The van der Waals surface area contributed by atoms with Crippen molar-refractivity contribution in [2.24, 2.45) is 0 Å². The predicted octanol–water partition coefficient (Wildman–Crippen LogP) is 2.05. The van der Waals surface area contributed by atoms with Gasteiger partial charge in [-0.05, 0) is 17.7 Å². The van der Waals surface area contributed by atoms with E-state index >= 15 is 0 Å². The fourth-order valence-electron chi connectivity index (χ4n) is 2.72. The lowest BCUT2D eigenvalue weighted by Crippen LogP contribution is -2.50. The van der Waals surface area contributed by atoms with E-state index in [4.69, 9.17) is 11.6 Å². The highest BCUT2D eigenvalue weighted by Gasteiger charge is 2.23. The van der Waals surface area contributed by atoms with E-state index in [1.54, 1.807) is 16.7 Å². The summed E-state index contributed by atoms with van der Waals surface area (Å²) < 4.78 is 0. The molecule has 136 valence electrons. The first-order chi connectivity index (χ1) is 12.5. The number of carbonyl (C=O) groups is 2. The second-order valence-corrected chi connectivity index (χ2v) is 6.51. The van der Waals surface area contributed by atoms with Crippen LogP contribution in [0.15, 0.2) is 36.7 Å². The fraction of sp³-hybridized carbons (Fsp3) is 0.333. The van der Waals surface area contributed by atoms with Crippen molar-refractivity contribution >= 4 is 29.4 Å². The maximum absolute atomic E-state index is 12.5. The van der Waals surface area contributed by atoms with Crippen LogP contribution in [0.1, 0.15) is 22.8 Å². The highest BCUT2D eigenvalue weighted by molar-refractivity contribution is 6.30. The molecule has 1 aliphatic heterocycles. The van der Waals surface area contributed by atoms with E-state index in [1.165, 1.54) is 12.4 Å². The molecule has 0 spiro atoms. The first-order valence-corrected chi connectivity index (χ1v) is 8.76. The van der Waals surface area contributed by atoms with Gasteiger partial charge in [0.1, 0.15) is 0 Å². The largest absolute Gasteiger partial charge is 0.350 e. The Morgan fingerprint density at radius 1 is 1.04 bits per heavy atom. The molecule has 2 amide bonds. The van der Waals surface area contributed by atoms with Crippen molar-refractivity contribution in [3.05, 3.63) is 52.8 Å². The predicted molar refractivity (Wildman–Crippen MR) is 99.0 cm³/mol. The molecule has 0 radical (unpaired) electrons. The van der Waals surface area contributed by atoms with Crippen LogP contribution >= 0.6 is 11.6 Å². The van der Waals surface area contributed by atoms with Crippen LogP contribution in [0.25, 0.3) is 0 Å². The molecule has 1 N–H and O–H groups in total. The minimum absolute atomic E-state index is 0.0385. The maximum Gasteiger partial charge on any atom is 0.257 e. The summed E-state index contributed by atoms with van der Waals surface area (Å²) in [6.45, 7) is 4.27. The molecule has 3 rings (SSSR count). The SMILES string of the molecule is CC(=O)N1CCN(C(=O)c2cnc(NCc3ccc(Cl)cc3)nc2)CC1. The second-order valence-electron chi connectivity index (χ2n) is 6.07. The number of rotatable bonds is 4. The number of hydrogen-bond acceptors (Lipinski definition) is 5. The van der Waals surface area contributed by atoms with Crippen LogP contribution in [0.4, 0.5) is 5.95 Å². The van der Waals surface area contributed by atoms with E-state index in [-0.39, 0.29) is 11.8 Å². The zero-order valence-corrected chi connectivity index (χ0v) is 15.2. The summed E-state index contributed by atoms with van der Waals surface area (Å²) in [5.41, 5.74) is 1.50. The van der Waals surface area contributed by atoms with E-state index in [0.717, 1.165) is 5.56 Å². The Balaban J connectivity index is 1.54. The Bertz CT molecular complexity index is 771. The molecule has 2 heterocycles. The highest BCUT2D eigenvalue weighted by atomic mass is 35.5. The second kappa shape index (κ2) is 8.14. The van der Waals surface area contributed by atoms with Crippen molar-refractivity contribution in [2.75, 3.05) is 31.5 Å². The maximum atomic E-state index is 12.5. The molecule has 8 heteroatoms. The van der Waals surface area contributed by atoms with Gasteiger partial charge in [0.15, 0.2) is 0 Å². The number of halogens is 1. The van der Waals surface area contributed by atoms with Crippen molar-refractivity contribution < 1.29 is 9.59 Å². The molecule has 1 aromatic carbocycles. The van der Waals surface area contributed by atoms with E-state index in [0.29, 0.717) is 49.3 Å². The third kappa shape index (κ3) is 4.49. The molecule has 0 aliphatic carbocycles. The summed E-state index contributed by atoms with van der Waals surface area (Å²) in [4.78, 5) is 35.7. The van der Waals surface area contributed by atoms with E-state index in [1.807, 2.05) is 24.3 Å². The van der Waals surface area contributed by atoms with Crippen molar-refractivity contribution in [3.8, 4) is 0 Å². The molecule has 7 nitrogen and oxygen atoms in total. The quantitative estimate of drug-likeness (QED) is 0.887. The molecule has 0 unspecified atom stereocenters. The fourth-order valence-corrected chi connectivity index (χ4v) is 2.85. The molecule has 1 saturated heterocycles.